The summed E-state index contributed by atoms with van der Waals surface area (Å²) in [5.41, 5.74) is 13.0. The lowest BCUT2D eigenvalue weighted by Gasteiger charge is -2.25. The van der Waals surface area contributed by atoms with Gasteiger partial charge in [0, 0.05) is 5.41 Å². The van der Waals surface area contributed by atoms with Gasteiger partial charge in [-0.05, 0) is 138 Å². The molecule has 0 saturated carbocycles. The Labute approximate surface area is 332 Å². The summed E-state index contributed by atoms with van der Waals surface area (Å²) in [5, 5.41) is 15.5. The molecule has 0 bridgehead atoms. The van der Waals surface area contributed by atoms with Crippen LogP contribution in [0.3, 0.4) is 0 Å². The molecule has 0 fully saturated rings. The fraction of sp³-hybridized carbons (Fsp3) is 0.0526. The van der Waals surface area contributed by atoms with E-state index in [2.05, 4.69) is 208 Å². The van der Waals surface area contributed by atoms with Gasteiger partial charge in [-0.1, -0.05) is 190 Å². The molecule has 0 aliphatic heterocycles. The normalized spacial score (nSPS) is 13.2. The summed E-state index contributed by atoms with van der Waals surface area (Å²) in [5.74, 6) is 0. The van der Waals surface area contributed by atoms with E-state index in [1.54, 1.807) is 0 Å². The second-order valence-corrected chi connectivity index (χ2v) is 16.4. The molecule has 0 heteroatoms. The lowest BCUT2D eigenvalue weighted by molar-refractivity contribution is 0.667. The van der Waals surface area contributed by atoms with Crippen LogP contribution in [0.2, 0.25) is 0 Å². The zero-order chi connectivity index (χ0) is 37.8. The summed E-state index contributed by atoms with van der Waals surface area (Å²) in [4.78, 5) is 0. The summed E-state index contributed by atoms with van der Waals surface area (Å²) in [7, 11) is 0. The predicted molar refractivity (Wildman–Crippen MR) is 245 cm³/mol. The van der Waals surface area contributed by atoms with Gasteiger partial charge in [-0.25, -0.2) is 0 Å². The first-order valence-corrected chi connectivity index (χ1v) is 20.1. The summed E-state index contributed by atoms with van der Waals surface area (Å²) in [6, 6.07) is 72.6. The van der Waals surface area contributed by atoms with Crippen molar-refractivity contribution in [3.05, 3.63) is 205 Å². The second kappa shape index (κ2) is 12.0. The molecule has 0 unspecified atom stereocenters. The number of rotatable bonds is 3. The summed E-state index contributed by atoms with van der Waals surface area (Å²) >= 11 is 0. The Morgan fingerprint density at radius 2 is 0.754 bits per heavy atom. The van der Waals surface area contributed by atoms with Crippen LogP contribution in [0.25, 0.3) is 109 Å². The van der Waals surface area contributed by atoms with E-state index in [1.807, 2.05) is 0 Å². The van der Waals surface area contributed by atoms with Crippen molar-refractivity contribution in [2.75, 3.05) is 0 Å². The summed E-state index contributed by atoms with van der Waals surface area (Å²) in [6.45, 7) is 4.84. The highest BCUT2D eigenvalue weighted by atomic mass is 14.4. The molecule has 0 heterocycles. The first-order chi connectivity index (χ1) is 28.0. The zero-order valence-corrected chi connectivity index (χ0v) is 32.0. The van der Waals surface area contributed by atoms with Crippen LogP contribution in [0.5, 0.6) is 0 Å². The van der Waals surface area contributed by atoms with Gasteiger partial charge in [0.05, 0.1) is 0 Å². The van der Waals surface area contributed by atoms with Crippen LogP contribution in [0.1, 0.15) is 25.0 Å². The smallest absolute Gasteiger partial charge is 0.0165 e. The molecule has 1 aliphatic carbocycles. The van der Waals surface area contributed by atoms with Crippen molar-refractivity contribution in [1.29, 1.82) is 0 Å². The van der Waals surface area contributed by atoms with E-state index in [0.717, 1.165) is 0 Å². The van der Waals surface area contributed by atoms with Crippen molar-refractivity contribution in [2.24, 2.45) is 0 Å². The highest BCUT2D eigenvalue weighted by Crippen LogP contribution is 2.56. The minimum atomic E-state index is -0.150. The lowest BCUT2D eigenvalue weighted by Crippen LogP contribution is -2.15. The fourth-order valence-corrected chi connectivity index (χ4v) is 10.4. The van der Waals surface area contributed by atoms with Gasteiger partial charge in [0.25, 0.3) is 0 Å². The maximum atomic E-state index is 2.49. The molecule has 0 N–H and O–H groups in total. The molecule has 11 aromatic carbocycles. The van der Waals surface area contributed by atoms with Crippen LogP contribution in [0.4, 0.5) is 0 Å². The first kappa shape index (κ1) is 32.2. The molecule has 57 heavy (non-hydrogen) atoms. The third-order valence-electron chi connectivity index (χ3n) is 13.0. The van der Waals surface area contributed by atoms with Crippen molar-refractivity contribution in [3.8, 4) is 44.5 Å². The molecule has 0 amide bonds. The van der Waals surface area contributed by atoms with Crippen LogP contribution in [0, 0.1) is 0 Å². The van der Waals surface area contributed by atoms with Crippen LogP contribution in [-0.2, 0) is 5.41 Å². The average Bonchev–Trinajstić information content (AvgIpc) is 3.50. The fourth-order valence-electron chi connectivity index (χ4n) is 10.4. The van der Waals surface area contributed by atoms with Gasteiger partial charge in [0.2, 0.25) is 0 Å². The molecule has 0 aromatic heterocycles. The predicted octanol–water partition coefficient (Wildman–Crippen LogP) is 15.9. The Bertz CT molecular complexity index is 3410. The maximum absolute atomic E-state index is 2.49. The molecule has 12 rings (SSSR count). The SMILES string of the molecule is CC1(C)c2cc3ccccc3cc2-c2c1c1ccc(-c3c4ccccc4c(-c4ccc(-c5cccc6ccccc56)cc4)c4ccccc34)cc1c1ccccc21. The van der Waals surface area contributed by atoms with Crippen LogP contribution >= 0.6 is 0 Å². The zero-order valence-electron chi connectivity index (χ0n) is 32.0. The third kappa shape index (κ3) is 4.62. The van der Waals surface area contributed by atoms with Crippen LogP contribution in [-0.4, -0.2) is 0 Å². The number of fused-ring (bicyclic) bond motifs is 12. The first-order valence-electron chi connectivity index (χ1n) is 20.1. The van der Waals surface area contributed by atoms with Crippen LogP contribution in [0.15, 0.2) is 194 Å². The molecular formula is C57H38. The molecule has 0 radical (unpaired) electrons. The summed E-state index contributed by atoms with van der Waals surface area (Å²) in [6.07, 6.45) is 0. The molecule has 0 spiro atoms. The lowest BCUT2D eigenvalue weighted by atomic mass is 9.78. The van der Waals surface area contributed by atoms with E-state index in [1.165, 1.54) is 120 Å². The van der Waals surface area contributed by atoms with Gasteiger partial charge < -0.3 is 0 Å². The van der Waals surface area contributed by atoms with E-state index in [-0.39, 0.29) is 5.41 Å². The molecule has 0 atom stereocenters. The van der Waals surface area contributed by atoms with Crippen molar-refractivity contribution in [1.82, 2.24) is 0 Å². The molecule has 11 aromatic rings. The Morgan fingerprint density at radius 3 is 1.40 bits per heavy atom. The van der Waals surface area contributed by atoms with Gasteiger partial charge >= 0.3 is 0 Å². The van der Waals surface area contributed by atoms with Gasteiger partial charge in [-0.15, -0.1) is 0 Å². The Morgan fingerprint density at radius 1 is 0.281 bits per heavy atom. The van der Waals surface area contributed by atoms with E-state index < -0.39 is 0 Å². The average molecular weight is 723 g/mol. The standard InChI is InChI=1S/C57H38/c1-57(2)52-34-39-16-4-3-15-38(39)32-51(52)55-44-20-8-7-19-43(44)50-33-40(30-31-49(50)56(55)57)54-47-23-11-9-21-45(47)53(46-22-10-12-24-48(46)54)37-28-26-36(27-29-37)42-25-13-17-35-14-5-6-18-41(35)42/h3-34H,1-2H3. The second-order valence-electron chi connectivity index (χ2n) is 16.4. The Kier molecular flexibility index (Phi) is 6.78. The maximum Gasteiger partial charge on any atom is 0.0165 e. The van der Waals surface area contributed by atoms with Gasteiger partial charge in [0.15, 0.2) is 0 Å². The highest BCUT2D eigenvalue weighted by molar-refractivity contribution is 6.24. The number of hydrogen-bond acceptors (Lipinski definition) is 0. The molecular weight excluding hydrogens is 685 g/mol. The van der Waals surface area contributed by atoms with E-state index >= 15 is 0 Å². The molecule has 0 saturated heterocycles. The molecule has 1 aliphatic rings. The van der Waals surface area contributed by atoms with Gasteiger partial charge in [-0.2, -0.15) is 0 Å². The largest absolute Gasteiger partial charge is 0.0616 e. The van der Waals surface area contributed by atoms with E-state index in [9.17, 15) is 0 Å². The third-order valence-corrected chi connectivity index (χ3v) is 13.0. The molecule has 266 valence electrons. The van der Waals surface area contributed by atoms with Crippen molar-refractivity contribution in [2.45, 2.75) is 19.3 Å². The van der Waals surface area contributed by atoms with Gasteiger partial charge in [-0.3, -0.25) is 0 Å². The van der Waals surface area contributed by atoms with Crippen LogP contribution < -0.4 is 0 Å². The van der Waals surface area contributed by atoms with Crippen molar-refractivity contribution in [3.63, 3.8) is 0 Å². The number of benzene rings is 11. The quantitative estimate of drug-likeness (QED) is 0.126. The summed E-state index contributed by atoms with van der Waals surface area (Å²) < 4.78 is 0. The minimum Gasteiger partial charge on any atom is -0.0616 e. The van der Waals surface area contributed by atoms with Crippen molar-refractivity contribution >= 4 is 64.6 Å². The number of hydrogen-bond donors (Lipinski definition) is 0. The van der Waals surface area contributed by atoms with Gasteiger partial charge in [0.1, 0.15) is 0 Å². The highest BCUT2D eigenvalue weighted by Gasteiger charge is 2.38. The Balaban J connectivity index is 1.08. The minimum absolute atomic E-state index is 0.150. The van der Waals surface area contributed by atoms with E-state index in [4.69, 9.17) is 0 Å². The topological polar surface area (TPSA) is 0 Å². The monoisotopic (exact) mass is 722 g/mol. The van der Waals surface area contributed by atoms with Crippen molar-refractivity contribution < 1.29 is 0 Å². The molecule has 0 nitrogen and oxygen atoms in total. The van der Waals surface area contributed by atoms with E-state index in [0.29, 0.717) is 0 Å². The Hall–Kier alpha value is -7.02.